The van der Waals surface area contributed by atoms with Gasteiger partial charge in [0.2, 0.25) is 0 Å². The van der Waals surface area contributed by atoms with Crippen molar-refractivity contribution in [3.63, 3.8) is 0 Å². The summed E-state index contributed by atoms with van der Waals surface area (Å²) in [5.74, 6) is 0.103. The van der Waals surface area contributed by atoms with Gasteiger partial charge in [-0.05, 0) is 0 Å². The Labute approximate surface area is 101 Å². The highest BCUT2D eigenvalue weighted by Crippen LogP contribution is 2.34. The molecule has 0 bridgehead atoms. The van der Waals surface area contributed by atoms with E-state index in [1.807, 2.05) is 0 Å². The summed E-state index contributed by atoms with van der Waals surface area (Å²) in [4.78, 5) is 11.5. The van der Waals surface area contributed by atoms with Crippen LogP contribution < -0.4 is 4.74 Å². The van der Waals surface area contributed by atoms with E-state index in [9.17, 15) is 10.1 Å². The minimum Gasteiger partial charge on any atom is -0.490 e. The van der Waals surface area contributed by atoms with E-state index >= 15 is 0 Å². The fourth-order valence-electron chi connectivity index (χ4n) is 1.33. The second-order valence-electron chi connectivity index (χ2n) is 3.05. The zero-order chi connectivity index (χ0) is 12.4. The molecule has 0 N–H and O–H groups in total. The summed E-state index contributed by atoms with van der Waals surface area (Å²) in [6.07, 6.45) is 2.95. The predicted octanol–water partition coefficient (Wildman–Crippen LogP) is 1.84. The molecule has 0 unspecified atom stereocenters. The molecule has 8 heteroatoms. The van der Waals surface area contributed by atoms with E-state index in [2.05, 4.69) is 10.2 Å². The van der Waals surface area contributed by atoms with Crippen LogP contribution in [0.15, 0.2) is 24.5 Å². The first-order valence-corrected chi connectivity index (χ1v) is 4.90. The van der Waals surface area contributed by atoms with Crippen LogP contribution in [-0.2, 0) is 0 Å². The van der Waals surface area contributed by atoms with Crippen molar-refractivity contribution in [2.75, 3.05) is 7.11 Å². The maximum absolute atomic E-state index is 10.8. The molecule has 7 nitrogen and oxygen atoms in total. The number of aromatic nitrogens is 3. The first kappa shape index (κ1) is 11.3. The summed E-state index contributed by atoms with van der Waals surface area (Å²) in [6, 6.07) is 2.62. The van der Waals surface area contributed by atoms with Crippen molar-refractivity contribution in [3.8, 4) is 11.4 Å². The lowest BCUT2D eigenvalue weighted by Gasteiger charge is -2.06. The number of hydrogen-bond donors (Lipinski definition) is 0. The van der Waals surface area contributed by atoms with Gasteiger partial charge >= 0.3 is 5.69 Å². The van der Waals surface area contributed by atoms with E-state index in [0.717, 1.165) is 0 Å². The lowest BCUT2D eigenvalue weighted by molar-refractivity contribution is -0.385. The van der Waals surface area contributed by atoms with E-state index in [4.69, 9.17) is 16.3 Å². The molecule has 2 aromatic rings. The summed E-state index contributed by atoms with van der Waals surface area (Å²) in [5, 5.41) is 18.7. The number of methoxy groups -OCH3 is 1. The molecule has 0 saturated heterocycles. The molecule has 0 aliphatic carbocycles. The zero-order valence-electron chi connectivity index (χ0n) is 8.70. The number of nitro benzene ring substituents is 1. The molecule has 1 aromatic heterocycles. The zero-order valence-corrected chi connectivity index (χ0v) is 9.46. The Morgan fingerprint density at radius 2 is 2.06 bits per heavy atom. The minimum absolute atomic E-state index is 0.103. The average Bonchev–Trinajstić information content (AvgIpc) is 2.82. The van der Waals surface area contributed by atoms with Gasteiger partial charge in [-0.25, -0.2) is 0 Å². The molecule has 0 aliphatic heterocycles. The number of ether oxygens (including phenoxy) is 1. The summed E-state index contributed by atoms with van der Waals surface area (Å²) < 4.78 is 4.93. The third kappa shape index (κ3) is 2.04. The molecule has 17 heavy (non-hydrogen) atoms. The maximum Gasteiger partial charge on any atom is 0.312 e. The molecular formula is C9H7ClN4O3. The highest BCUT2D eigenvalue weighted by Gasteiger charge is 2.19. The minimum atomic E-state index is -0.564. The summed E-state index contributed by atoms with van der Waals surface area (Å²) in [6.45, 7) is 0. The van der Waals surface area contributed by atoms with Crippen molar-refractivity contribution in [3.05, 3.63) is 39.7 Å². The fourth-order valence-corrected chi connectivity index (χ4v) is 1.57. The van der Waals surface area contributed by atoms with Gasteiger partial charge in [0.1, 0.15) is 5.69 Å². The van der Waals surface area contributed by atoms with Gasteiger partial charge in [0.05, 0.1) is 29.4 Å². The van der Waals surface area contributed by atoms with Crippen LogP contribution in [0.3, 0.4) is 0 Å². The van der Waals surface area contributed by atoms with Crippen molar-refractivity contribution < 1.29 is 9.66 Å². The second-order valence-corrected chi connectivity index (χ2v) is 3.46. The van der Waals surface area contributed by atoms with Gasteiger partial charge in [0.25, 0.3) is 0 Å². The summed E-state index contributed by atoms with van der Waals surface area (Å²) in [7, 11) is 1.34. The van der Waals surface area contributed by atoms with Gasteiger partial charge in [0.15, 0.2) is 5.75 Å². The Balaban J connectivity index is 2.60. The Morgan fingerprint density at radius 1 is 1.41 bits per heavy atom. The van der Waals surface area contributed by atoms with Crippen molar-refractivity contribution in [1.82, 2.24) is 15.0 Å². The van der Waals surface area contributed by atoms with Crippen LogP contribution in [0, 0.1) is 10.1 Å². The molecule has 0 amide bonds. The normalized spacial score (nSPS) is 10.2. The Kier molecular flexibility index (Phi) is 2.92. The van der Waals surface area contributed by atoms with E-state index in [1.165, 1.54) is 36.4 Å². The molecule has 0 aliphatic rings. The quantitative estimate of drug-likeness (QED) is 0.616. The van der Waals surface area contributed by atoms with Crippen LogP contribution >= 0.6 is 11.6 Å². The lowest BCUT2D eigenvalue weighted by Crippen LogP contribution is -2.02. The van der Waals surface area contributed by atoms with Crippen LogP contribution in [0.1, 0.15) is 0 Å². The van der Waals surface area contributed by atoms with E-state index in [1.54, 1.807) is 0 Å². The Morgan fingerprint density at radius 3 is 2.59 bits per heavy atom. The number of hydrogen-bond acceptors (Lipinski definition) is 5. The third-order valence-electron chi connectivity index (χ3n) is 2.08. The summed E-state index contributed by atoms with van der Waals surface area (Å²) in [5.41, 5.74) is 0.215. The van der Waals surface area contributed by atoms with Gasteiger partial charge in [-0.3, -0.25) is 10.1 Å². The molecule has 0 spiro atoms. The van der Waals surface area contributed by atoms with Crippen molar-refractivity contribution in [2.24, 2.45) is 0 Å². The van der Waals surface area contributed by atoms with E-state index in [0.29, 0.717) is 5.69 Å². The highest BCUT2D eigenvalue weighted by molar-refractivity contribution is 6.32. The van der Waals surface area contributed by atoms with Gasteiger partial charge in [-0.2, -0.15) is 10.2 Å². The van der Waals surface area contributed by atoms with Crippen LogP contribution in [0.4, 0.5) is 5.69 Å². The molecular weight excluding hydrogens is 248 g/mol. The van der Waals surface area contributed by atoms with Crippen LogP contribution in [-0.4, -0.2) is 27.0 Å². The van der Waals surface area contributed by atoms with Crippen molar-refractivity contribution >= 4 is 17.3 Å². The molecule has 88 valence electrons. The molecule has 2 rings (SSSR count). The van der Waals surface area contributed by atoms with Crippen LogP contribution in [0.5, 0.6) is 5.75 Å². The van der Waals surface area contributed by atoms with Gasteiger partial charge in [0, 0.05) is 12.1 Å². The number of nitrogens with zero attached hydrogens (tertiary/aromatic N) is 4. The smallest absolute Gasteiger partial charge is 0.312 e. The number of halogens is 1. The van der Waals surface area contributed by atoms with Crippen molar-refractivity contribution in [2.45, 2.75) is 0 Å². The molecule has 0 atom stereocenters. The van der Waals surface area contributed by atoms with Gasteiger partial charge in [-0.15, -0.1) is 4.80 Å². The highest BCUT2D eigenvalue weighted by atomic mass is 35.5. The SMILES string of the molecule is COc1cc(-n2nccn2)c(Cl)cc1[N+](=O)[O-]. The maximum atomic E-state index is 10.8. The fraction of sp³-hybridized carbons (Fsp3) is 0.111. The van der Waals surface area contributed by atoms with E-state index < -0.39 is 4.92 Å². The van der Waals surface area contributed by atoms with Crippen LogP contribution in [0.25, 0.3) is 5.69 Å². The molecule has 1 aromatic carbocycles. The first-order chi connectivity index (χ1) is 8.13. The standard InChI is InChI=1S/C9H7ClN4O3/c1-17-9-5-7(13-11-2-3-12-13)6(10)4-8(9)14(15)16/h2-5H,1H3. The van der Waals surface area contributed by atoms with Gasteiger partial charge < -0.3 is 4.74 Å². The van der Waals surface area contributed by atoms with E-state index in [-0.39, 0.29) is 16.5 Å². The average molecular weight is 255 g/mol. The molecule has 0 fully saturated rings. The molecule has 1 heterocycles. The van der Waals surface area contributed by atoms with Gasteiger partial charge in [-0.1, -0.05) is 11.6 Å². The number of rotatable bonds is 3. The Hall–Kier alpha value is -2.15. The molecule has 0 saturated carbocycles. The largest absolute Gasteiger partial charge is 0.490 e. The second kappa shape index (κ2) is 4.38. The monoisotopic (exact) mass is 254 g/mol. The summed E-state index contributed by atoms with van der Waals surface area (Å²) >= 11 is 5.93. The van der Waals surface area contributed by atoms with Crippen molar-refractivity contribution in [1.29, 1.82) is 0 Å². The number of benzene rings is 1. The number of nitro groups is 1. The lowest BCUT2D eigenvalue weighted by atomic mass is 10.2. The third-order valence-corrected chi connectivity index (χ3v) is 2.38. The topological polar surface area (TPSA) is 83.1 Å². The van der Waals surface area contributed by atoms with Crippen LogP contribution in [0.2, 0.25) is 5.02 Å². The first-order valence-electron chi connectivity index (χ1n) is 4.52. The predicted molar refractivity (Wildman–Crippen MR) is 59.6 cm³/mol. The molecule has 0 radical (unpaired) electrons. The Bertz CT molecular complexity index is 556.